The number of hydrogen-bond acceptors (Lipinski definition) is 6. The number of nitriles is 1. The van der Waals surface area contributed by atoms with Crippen LogP contribution in [0.3, 0.4) is 0 Å². The topological polar surface area (TPSA) is 109 Å². The molecule has 7 nitrogen and oxygen atoms in total. The molecule has 3 aromatic rings. The average molecular weight is 408 g/mol. The fourth-order valence-electron chi connectivity index (χ4n) is 3.01. The van der Waals surface area contributed by atoms with Gasteiger partial charge in [-0.3, -0.25) is 0 Å². The number of sulfonamides is 1. The monoisotopic (exact) mass is 408 g/mol. The average Bonchev–Trinajstić information content (AvgIpc) is 2.72. The Hall–Kier alpha value is -3.41. The second-order valence-corrected chi connectivity index (χ2v) is 8.07. The highest BCUT2D eigenvalue weighted by molar-refractivity contribution is 7.89. The third kappa shape index (κ3) is 4.06. The normalized spacial score (nSPS) is 11.0. The van der Waals surface area contributed by atoms with Crippen LogP contribution >= 0.6 is 0 Å². The Kier molecular flexibility index (Phi) is 5.55. The van der Waals surface area contributed by atoms with Crippen molar-refractivity contribution in [3.63, 3.8) is 0 Å². The molecule has 0 amide bonds. The van der Waals surface area contributed by atoms with Gasteiger partial charge in [-0.1, -0.05) is 30.3 Å². The predicted octanol–water partition coefficient (Wildman–Crippen LogP) is 3.01. The summed E-state index contributed by atoms with van der Waals surface area (Å²) in [5.41, 5.74) is 3.28. The fourth-order valence-corrected chi connectivity index (χ4v) is 3.76. The number of primary sulfonamides is 1. The van der Waals surface area contributed by atoms with Crippen LogP contribution in [0.25, 0.3) is 22.4 Å². The zero-order valence-corrected chi connectivity index (χ0v) is 17.1. The number of rotatable bonds is 5. The lowest BCUT2D eigenvalue weighted by Gasteiger charge is -2.16. The van der Waals surface area contributed by atoms with Gasteiger partial charge in [0.1, 0.15) is 11.6 Å². The number of pyridine rings is 1. The minimum atomic E-state index is -3.98. The van der Waals surface area contributed by atoms with Crippen LogP contribution in [0.15, 0.2) is 59.5 Å². The van der Waals surface area contributed by atoms with Crippen molar-refractivity contribution in [2.75, 3.05) is 26.1 Å². The maximum atomic E-state index is 12.1. The summed E-state index contributed by atoms with van der Waals surface area (Å²) in [6, 6.07) is 17.6. The van der Waals surface area contributed by atoms with E-state index < -0.39 is 10.0 Å². The standard InChI is InChI=1S/C21H20N4O3S/c1-25(2)16-10-8-14(9-11-16)20-18(12-15(13-22)21(24-20)28-3)17-6-4-5-7-19(17)29(23,26)27/h4-12H,1-3H3,(H2,23,26,27). The van der Waals surface area contributed by atoms with Gasteiger partial charge in [0, 0.05) is 36.5 Å². The van der Waals surface area contributed by atoms with Crippen LogP contribution in [-0.4, -0.2) is 34.6 Å². The van der Waals surface area contributed by atoms with E-state index in [0.29, 0.717) is 16.8 Å². The van der Waals surface area contributed by atoms with Crippen molar-refractivity contribution >= 4 is 15.7 Å². The summed E-state index contributed by atoms with van der Waals surface area (Å²) in [6.45, 7) is 0. The number of ether oxygens (including phenoxy) is 1. The van der Waals surface area contributed by atoms with Crippen molar-refractivity contribution in [1.82, 2.24) is 4.98 Å². The Morgan fingerprint density at radius 2 is 1.72 bits per heavy atom. The Labute approximate surface area is 170 Å². The SMILES string of the molecule is COc1nc(-c2ccc(N(C)C)cc2)c(-c2ccccc2S(N)(=O)=O)cc1C#N. The van der Waals surface area contributed by atoms with Crippen LogP contribution in [-0.2, 0) is 10.0 Å². The van der Waals surface area contributed by atoms with Gasteiger partial charge in [0.2, 0.25) is 15.9 Å². The van der Waals surface area contributed by atoms with Gasteiger partial charge in [0.15, 0.2) is 0 Å². The molecule has 0 atom stereocenters. The van der Waals surface area contributed by atoms with E-state index in [1.54, 1.807) is 24.3 Å². The third-order valence-corrected chi connectivity index (χ3v) is 5.41. The molecule has 8 heteroatoms. The Morgan fingerprint density at radius 3 is 2.28 bits per heavy atom. The number of nitrogens with zero attached hydrogens (tertiary/aromatic N) is 3. The van der Waals surface area contributed by atoms with E-state index in [-0.39, 0.29) is 16.3 Å². The molecule has 0 radical (unpaired) electrons. The molecule has 2 aromatic carbocycles. The van der Waals surface area contributed by atoms with Gasteiger partial charge in [-0.15, -0.1) is 0 Å². The van der Waals surface area contributed by atoms with Gasteiger partial charge < -0.3 is 9.64 Å². The Balaban J connectivity index is 2.34. The lowest BCUT2D eigenvalue weighted by atomic mass is 9.97. The molecule has 0 spiro atoms. The molecular formula is C21H20N4O3S. The lowest BCUT2D eigenvalue weighted by Crippen LogP contribution is -2.13. The van der Waals surface area contributed by atoms with Gasteiger partial charge in [-0.25, -0.2) is 18.5 Å². The van der Waals surface area contributed by atoms with Gasteiger partial charge >= 0.3 is 0 Å². The number of hydrogen-bond donors (Lipinski definition) is 1. The fraction of sp³-hybridized carbons (Fsp3) is 0.143. The molecule has 0 aliphatic heterocycles. The predicted molar refractivity (Wildman–Crippen MR) is 112 cm³/mol. The summed E-state index contributed by atoms with van der Waals surface area (Å²) >= 11 is 0. The van der Waals surface area contributed by atoms with Crippen LogP contribution in [0.4, 0.5) is 5.69 Å². The van der Waals surface area contributed by atoms with Crippen molar-refractivity contribution in [3.05, 3.63) is 60.2 Å². The summed E-state index contributed by atoms with van der Waals surface area (Å²) in [4.78, 5) is 6.44. The molecule has 3 rings (SSSR count). The maximum absolute atomic E-state index is 12.1. The molecule has 0 saturated carbocycles. The zero-order chi connectivity index (χ0) is 21.2. The molecule has 29 heavy (non-hydrogen) atoms. The molecule has 1 heterocycles. The number of benzene rings is 2. The number of aromatic nitrogens is 1. The second kappa shape index (κ2) is 7.91. The van der Waals surface area contributed by atoms with E-state index in [4.69, 9.17) is 9.88 Å². The smallest absolute Gasteiger partial charge is 0.238 e. The number of anilines is 1. The third-order valence-electron chi connectivity index (χ3n) is 4.44. The molecule has 0 fully saturated rings. The van der Waals surface area contributed by atoms with Crippen molar-refractivity contribution in [2.24, 2.45) is 5.14 Å². The first-order valence-electron chi connectivity index (χ1n) is 8.65. The molecule has 0 saturated heterocycles. The van der Waals surface area contributed by atoms with E-state index >= 15 is 0 Å². The summed E-state index contributed by atoms with van der Waals surface area (Å²) < 4.78 is 29.5. The summed E-state index contributed by atoms with van der Waals surface area (Å²) in [7, 11) is 1.32. The molecule has 148 valence electrons. The maximum Gasteiger partial charge on any atom is 0.238 e. The van der Waals surface area contributed by atoms with E-state index in [1.165, 1.54) is 13.2 Å². The van der Waals surface area contributed by atoms with Gasteiger partial charge in [-0.05, 0) is 24.3 Å². The highest BCUT2D eigenvalue weighted by Crippen LogP contribution is 2.37. The molecule has 0 bridgehead atoms. The minimum Gasteiger partial charge on any atom is -0.480 e. The molecule has 0 aliphatic carbocycles. The molecule has 0 aliphatic rings. The summed E-state index contributed by atoms with van der Waals surface area (Å²) in [5.74, 6) is 0.163. The van der Waals surface area contributed by atoms with Crippen molar-refractivity contribution in [2.45, 2.75) is 4.90 Å². The number of methoxy groups -OCH3 is 1. The summed E-state index contributed by atoms with van der Waals surface area (Å²) in [6.07, 6.45) is 0. The van der Waals surface area contributed by atoms with Gasteiger partial charge in [0.05, 0.1) is 17.7 Å². The second-order valence-electron chi connectivity index (χ2n) is 6.54. The van der Waals surface area contributed by atoms with E-state index in [2.05, 4.69) is 4.98 Å². The molecule has 2 N–H and O–H groups in total. The van der Waals surface area contributed by atoms with Crippen molar-refractivity contribution < 1.29 is 13.2 Å². The van der Waals surface area contributed by atoms with Gasteiger partial charge in [0.25, 0.3) is 0 Å². The lowest BCUT2D eigenvalue weighted by molar-refractivity contribution is 0.397. The molecule has 0 unspecified atom stereocenters. The molecule has 1 aromatic heterocycles. The van der Waals surface area contributed by atoms with Crippen LogP contribution in [0.5, 0.6) is 5.88 Å². The van der Waals surface area contributed by atoms with Crippen LogP contribution in [0, 0.1) is 11.3 Å². The van der Waals surface area contributed by atoms with Crippen molar-refractivity contribution in [1.29, 1.82) is 5.26 Å². The summed E-state index contributed by atoms with van der Waals surface area (Å²) in [5, 5.41) is 14.9. The quantitative estimate of drug-likeness (QED) is 0.695. The molecular weight excluding hydrogens is 388 g/mol. The minimum absolute atomic E-state index is 0.0398. The van der Waals surface area contributed by atoms with Crippen LogP contribution in [0.1, 0.15) is 5.56 Å². The van der Waals surface area contributed by atoms with Crippen LogP contribution < -0.4 is 14.8 Å². The highest BCUT2D eigenvalue weighted by Gasteiger charge is 2.21. The first kappa shape index (κ1) is 20.3. The van der Waals surface area contributed by atoms with E-state index in [1.807, 2.05) is 49.3 Å². The zero-order valence-electron chi connectivity index (χ0n) is 16.2. The largest absolute Gasteiger partial charge is 0.480 e. The Morgan fingerprint density at radius 1 is 1.07 bits per heavy atom. The first-order valence-corrected chi connectivity index (χ1v) is 10.2. The van der Waals surface area contributed by atoms with Crippen LogP contribution in [0.2, 0.25) is 0 Å². The first-order chi connectivity index (χ1) is 13.8. The van der Waals surface area contributed by atoms with Gasteiger partial charge in [-0.2, -0.15) is 5.26 Å². The van der Waals surface area contributed by atoms with Crippen molar-refractivity contribution in [3.8, 4) is 34.3 Å². The Bertz CT molecular complexity index is 1200. The van der Waals surface area contributed by atoms with E-state index in [0.717, 1.165) is 11.3 Å². The highest BCUT2D eigenvalue weighted by atomic mass is 32.2. The van der Waals surface area contributed by atoms with E-state index in [9.17, 15) is 13.7 Å². The number of nitrogens with two attached hydrogens (primary N) is 1.